The average molecular weight is 486 g/mol. The first-order chi connectivity index (χ1) is 12.4. The third-order valence-electron chi connectivity index (χ3n) is 4.52. The third-order valence-corrected chi connectivity index (χ3v) is 6.27. The lowest BCUT2D eigenvalue weighted by atomic mass is 9.94. The van der Waals surface area contributed by atoms with Crippen molar-refractivity contribution in [2.45, 2.75) is 25.4 Å². The first kappa shape index (κ1) is 19.0. The molecule has 26 heavy (non-hydrogen) atoms. The molecule has 138 valence electrons. The molecule has 1 aromatic rings. The van der Waals surface area contributed by atoms with E-state index in [2.05, 4.69) is 36.9 Å². The highest BCUT2D eigenvalue weighted by molar-refractivity contribution is 9.12. The molecule has 2 heterocycles. The van der Waals surface area contributed by atoms with Crippen LogP contribution in [0.2, 0.25) is 0 Å². The standard InChI is InChI=1S/C18H18Br2N2O4/c1-9-11(19)8-22-13(7-12(18(23)24)21-17(22)16(9)20)10-4-5-14(25-2)15(6-10)26-3/h4-6,8,12-13H,7H2,1-3H3,(H,23,24). The Labute approximate surface area is 168 Å². The number of hydrogen-bond donors (Lipinski definition) is 1. The van der Waals surface area contributed by atoms with Gasteiger partial charge >= 0.3 is 5.97 Å². The van der Waals surface area contributed by atoms with E-state index in [1.807, 2.05) is 36.2 Å². The highest BCUT2D eigenvalue weighted by Gasteiger charge is 2.37. The lowest BCUT2D eigenvalue weighted by molar-refractivity contribution is -0.139. The highest BCUT2D eigenvalue weighted by atomic mass is 79.9. The summed E-state index contributed by atoms with van der Waals surface area (Å²) >= 11 is 7.13. The zero-order valence-electron chi connectivity index (χ0n) is 14.5. The predicted molar refractivity (Wildman–Crippen MR) is 106 cm³/mol. The summed E-state index contributed by atoms with van der Waals surface area (Å²) in [5, 5.41) is 9.55. The smallest absolute Gasteiger partial charge is 0.328 e. The molecule has 2 aliphatic heterocycles. The number of carbonyl (C=O) groups is 1. The molecule has 0 radical (unpaired) electrons. The first-order valence-electron chi connectivity index (χ1n) is 7.92. The molecule has 0 bridgehead atoms. The van der Waals surface area contributed by atoms with Crippen molar-refractivity contribution in [2.75, 3.05) is 14.2 Å². The van der Waals surface area contributed by atoms with Crippen LogP contribution in [0.1, 0.15) is 24.9 Å². The van der Waals surface area contributed by atoms with Crippen molar-refractivity contribution in [1.29, 1.82) is 0 Å². The summed E-state index contributed by atoms with van der Waals surface area (Å²) in [6, 6.07) is 4.62. The summed E-state index contributed by atoms with van der Waals surface area (Å²) < 4.78 is 12.4. The van der Waals surface area contributed by atoms with Crippen molar-refractivity contribution in [2.24, 2.45) is 4.99 Å². The summed E-state index contributed by atoms with van der Waals surface area (Å²) in [5.74, 6) is 0.910. The van der Waals surface area contributed by atoms with Crippen LogP contribution in [0, 0.1) is 0 Å². The number of halogens is 2. The molecule has 8 heteroatoms. The minimum atomic E-state index is -0.936. The van der Waals surface area contributed by atoms with E-state index in [1.54, 1.807) is 14.2 Å². The molecule has 2 unspecified atom stereocenters. The van der Waals surface area contributed by atoms with Gasteiger partial charge in [0, 0.05) is 17.1 Å². The van der Waals surface area contributed by atoms with E-state index in [0.717, 1.165) is 20.1 Å². The van der Waals surface area contributed by atoms with Gasteiger partial charge in [0.25, 0.3) is 0 Å². The van der Waals surface area contributed by atoms with Gasteiger partial charge in [0.05, 0.1) is 24.7 Å². The Morgan fingerprint density at radius 3 is 2.58 bits per heavy atom. The molecule has 0 spiro atoms. The van der Waals surface area contributed by atoms with Crippen LogP contribution in [-0.4, -0.2) is 42.1 Å². The zero-order valence-corrected chi connectivity index (χ0v) is 17.7. The normalized spacial score (nSPS) is 22.4. The summed E-state index contributed by atoms with van der Waals surface area (Å²) in [7, 11) is 3.16. The number of allylic oxidation sites excluding steroid dienone is 2. The highest BCUT2D eigenvalue weighted by Crippen LogP contribution is 2.42. The Hall–Kier alpha value is -1.80. The molecule has 2 aliphatic rings. The molecule has 0 amide bonds. The molecule has 0 aromatic heterocycles. The van der Waals surface area contributed by atoms with E-state index in [0.29, 0.717) is 23.8 Å². The fourth-order valence-corrected chi connectivity index (χ4v) is 4.27. The van der Waals surface area contributed by atoms with Gasteiger partial charge in [-0.2, -0.15) is 0 Å². The maximum absolute atomic E-state index is 11.7. The van der Waals surface area contributed by atoms with Gasteiger partial charge in [0.1, 0.15) is 5.84 Å². The minimum Gasteiger partial charge on any atom is -0.493 e. The quantitative estimate of drug-likeness (QED) is 0.691. The van der Waals surface area contributed by atoms with Crippen LogP contribution in [0.3, 0.4) is 0 Å². The molecule has 0 aliphatic carbocycles. The van der Waals surface area contributed by atoms with Gasteiger partial charge in [-0.15, -0.1) is 0 Å². The van der Waals surface area contributed by atoms with Crippen LogP contribution in [-0.2, 0) is 4.79 Å². The van der Waals surface area contributed by atoms with E-state index < -0.39 is 12.0 Å². The maximum Gasteiger partial charge on any atom is 0.328 e. The first-order valence-corrected chi connectivity index (χ1v) is 9.51. The Kier molecular flexibility index (Phi) is 5.43. The van der Waals surface area contributed by atoms with Crippen LogP contribution in [0.5, 0.6) is 11.5 Å². The molecule has 0 saturated heterocycles. The van der Waals surface area contributed by atoms with E-state index in [4.69, 9.17) is 9.47 Å². The molecular formula is C18H18Br2N2O4. The van der Waals surface area contributed by atoms with Crippen molar-refractivity contribution in [3.63, 3.8) is 0 Å². The number of amidine groups is 1. The fraction of sp³-hybridized carbons (Fsp3) is 0.333. The van der Waals surface area contributed by atoms with Crippen molar-refractivity contribution < 1.29 is 19.4 Å². The topological polar surface area (TPSA) is 71.4 Å². The number of ether oxygens (including phenoxy) is 2. The summed E-state index contributed by atoms with van der Waals surface area (Å²) in [6.45, 7) is 1.94. The Balaban J connectivity index is 2.10. The Morgan fingerprint density at radius 2 is 1.96 bits per heavy atom. The molecule has 0 fully saturated rings. The van der Waals surface area contributed by atoms with Gasteiger partial charge in [-0.1, -0.05) is 6.07 Å². The number of fused-ring (bicyclic) bond motifs is 1. The van der Waals surface area contributed by atoms with E-state index in [-0.39, 0.29) is 6.04 Å². The number of nitrogens with zero attached hydrogens (tertiary/aromatic N) is 2. The lowest BCUT2D eigenvalue weighted by Gasteiger charge is -2.39. The van der Waals surface area contributed by atoms with E-state index in [1.165, 1.54) is 0 Å². The second-order valence-corrected chi connectivity index (χ2v) is 7.64. The van der Waals surface area contributed by atoms with Crippen molar-refractivity contribution in [1.82, 2.24) is 4.90 Å². The van der Waals surface area contributed by atoms with E-state index >= 15 is 0 Å². The Morgan fingerprint density at radius 1 is 1.27 bits per heavy atom. The number of aliphatic carboxylic acids is 1. The summed E-state index contributed by atoms with van der Waals surface area (Å²) in [4.78, 5) is 18.1. The van der Waals surface area contributed by atoms with Crippen LogP contribution in [0.15, 0.2) is 43.9 Å². The molecule has 1 N–H and O–H groups in total. The Bertz CT molecular complexity index is 848. The second-order valence-electron chi connectivity index (χ2n) is 6.00. The number of carboxylic acids is 1. The molecule has 0 saturated carbocycles. The van der Waals surface area contributed by atoms with E-state index in [9.17, 15) is 9.90 Å². The SMILES string of the molecule is COc1ccc(C2CC(C(=O)O)N=C3C(Br)=C(C)C(Br)=CN32)cc1OC. The average Bonchev–Trinajstić information content (AvgIpc) is 2.65. The van der Waals surface area contributed by atoms with Crippen molar-refractivity contribution in [3.8, 4) is 11.5 Å². The molecule has 1 aromatic carbocycles. The predicted octanol–water partition coefficient (Wildman–Crippen LogP) is 4.22. The van der Waals surface area contributed by atoms with Crippen LogP contribution >= 0.6 is 31.9 Å². The minimum absolute atomic E-state index is 0.198. The molecule has 6 nitrogen and oxygen atoms in total. The largest absolute Gasteiger partial charge is 0.493 e. The van der Waals surface area contributed by atoms with Crippen LogP contribution in [0.25, 0.3) is 0 Å². The number of rotatable bonds is 4. The van der Waals surface area contributed by atoms with Gasteiger partial charge in [0.2, 0.25) is 0 Å². The van der Waals surface area contributed by atoms with Gasteiger partial charge in [0.15, 0.2) is 17.5 Å². The second kappa shape index (κ2) is 7.44. The fourth-order valence-electron chi connectivity index (χ4n) is 3.07. The van der Waals surface area contributed by atoms with Gasteiger partial charge in [-0.05, 0) is 62.1 Å². The monoisotopic (exact) mass is 484 g/mol. The summed E-state index contributed by atoms with van der Waals surface area (Å²) in [6.07, 6.45) is 2.29. The third kappa shape index (κ3) is 3.27. The number of methoxy groups -OCH3 is 2. The van der Waals surface area contributed by atoms with Gasteiger partial charge in [-0.25, -0.2) is 4.79 Å². The molecular weight excluding hydrogens is 468 g/mol. The molecule has 2 atom stereocenters. The maximum atomic E-state index is 11.7. The van der Waals surface area contributed by atoms with Crippen molar-refractivity contribution in [3.05, 3.63) is 44.5 Å². The number of benzene rings is 1. The van der Waals surface area contributed by atoms with Gasteiger partial charge in [-0.3, -0.25) is 4.99 Å². The molecule has 3 rings (SSSR count). The number of hydrogen-bond acceptors (Lipinski definition) is 5. The zero-order chi connectivity index (χ0) is 19.0. The van der Waals surface area contributed by atoms with Crippen molar-refractivity contribution >= 4 is 43.7 Å². The van der Waals surface area contributed by atoms with Gasteiger partial charge < -0.3 is 19.5 Å². The number of carboxylic acid groups (broad SMARTS) is 1. The summed E-state index contributed by atoms with van der Waals surface area (Å²) in [5.41, 5.74) is 1.90. The van der Waals surface area contributed by atoms with Crippen LogP contribution in [0.4, 0.5) is 0 Å². The van der Waals surface area contributed by atoms with Crippen LogP contribution < -0.4 is 9.47 Å². The lowest BCUT2D eigenvalue weighted by Crippen LogP contribution is -2.42. The number of aliphatic imine (C=N–C) groups is 1.